The van der Waals surface area contributed by atoms with Crippen molar-refractivity contribution in [3.63, 3.8) is 0 Å². The van der Waals surface area contributed by atoms with Crippen LogP contribution < -0.4 is 18.9 Å². The maximum atomic E-state index is 13.9. The Labute approximate surface area is 183 Å². The number of hydrogen-bond acceptors (Lipinski definition) is 5. The maximum Gasteiger partial charge on any atom is 0.232 e. The second kappa shape index (κ2) is 8.70. The van der Waals surface area contributed by atoms with Gasteiger partial charge in [-0.1, -0.05) is 6.07 Å². The molecule has 0 amide bonds. The van der Waals surface area contributed by atoms with E-state index in [1.165, 1.54) is 31.4 Å². The summed E-state index contributed by atoms with van der Waals surface area (Å²) < 4.78 is 49.7. The summed E-state index contributed by atoms with van der Waals surface area (Å²) in [6.45, 7) is 1.44. The molecule has 4 rings (SSSR count). The van der Waals surface area contributed by atoms with Gasteiger partial charge in [-0.3, -0.25) is 4.79 Å². The molecular weight excluding hydrogens is 418 g/mol. The van der Waals surface area contributed by atoms with Crippen molar-refractivity contribution < 1.29 is 32.5 Å². The van der Waals surface area contributed by atoms with Gasteiger partial charge in [-0.15, -0.1) is 0 Å². The van der Waals surface area contributed by atoms with Gasteiger partial charge in [-0.05, 0) is 55.0 Å². The average molecular weight is 438 g/mol. The molecule has 0 bridgehead atoms. The van der Waals surface area contributed by atoms with Gasteiger partial charge >= 0.3 is 0 Å². The number of carbonyl (C=O) groups is 1. The number of carbonyl (C=O) groups excluding carboxylic acids is 1. The van der Waals surface area contributed by atoms with Crippen molar-refractivity contribution >= 4 is 11.9 Å². The Hall–Kier alpha value is -3.87. The van der Waals surface area contributed by atoms with E-state index in [4.69, 9.17) is 18.9 Å². The number of methoxy groups -OCH3 is 2. The van der Waals surface area contributed by atoms with Crippen LogP contribution in [0.2, 0.25) is 0 Å². The summed E-state index contributed by atoms with van der Waals surface area (Å²) in [5.41, 5.74) is 1.47. The summed E-state index contributed by atoms with van der Waals surface area (Å²) in [5.74, 6) is 0.259. The van der Waals surface area contributed by atoms with Crippen molar-refractivity contribution in [3.05, 3.63) is 88.2 Å². The summed E-state index contributed by atoms with van der Waals surface area (Å²) in [7, 11) is 3.08. The van der Waals surface area contributed by atoms with E-state index >= 15 is 0 Å². The van der Waals surface area contributed by atoms with E-state index in [0.29, 0.717) is 39.7 Å². The molecular formula is C25H20F2O5. The number of rotatable bonds is 6. The Balaban J connectivity index is 1.62. The molecule has 0 saturated carbocycles. The highest BCUT2D eigenvalue weighted by molar-refractivity contribution is 6.15. The third kappa shape index (κ3) is 4.01. The van der Waals surface area contributed by atoms with Crippen LogP contribution in [0.25, 0.3) is 6.08 Å². The standard InChI is InChI=1S/C25H20F2O5/c1-14-9-17(31-13-18-19(26)5-4-6-20(18)27)12-22-24(14)25(28)23(32-22)11-15-10-16(29-2)7-8-21(15)30-3/h4-12H,13H2,1-3H3/b23-11-. The third-order valence-corrected chi connectivity index (χ3v) is 5.11. The number of hydrogen-bond donors (Lipinski definition) is 0. The highest BCUT2D eigenvalue weighted by Gasteiger charge is 2.30. The SMILES string of the molecule is COc1ccc(OC)c(/C=C2\Oc3cc(OCc4c(F)cccc4F)cc(C)c3C2=O)c1. The number of ether oxygens (including phenoxy) is 4. The highest BCUT2D eigenvalue weighted by atomic mass is 19.1. The van der Waals surface area contributed by atoms with Crippen molar-refractivity contribution in [2.45, 2.75) is 13.5 Å². The molecule has 1 aliphatic heterocycles. The minimum absolute atomic E-state index is 0.118. The van der Waals surface area contributed by atoms with Gasteiger partial charge in [0.1, 0.15) is 41.2 Å². The van der Waals surface area contributed by atoms with Crippen LogP contribution in [0, 0.1) is 18.6 Å². The van der Waals surface area contributed by atoms with Crippen LogP contribution in [0.3, 0.4) is 0 Å². The normalized spacial score (nSPS) is 13.7. The maximum absolute atomic E-state index is 13.9. The first kappa shape index (κ1) is 21.4. The Kier molecular flexibility index (Phi) is 5.81. The lowest BCUT2D eigenvalue weighted by atomic mass is 10.0. The van der Waals surface area contributed by atoms with E-state index in [-0.39, 0.29) is 23.7 Å². The number of ketones is 1. The average Bonchev–Trinajstić information content (AvgIpc) is 3.08. The molecule has 0 fully saturated rings. The molecule has 3 aromatic carbocycles. The van der Waals surface area contributed by atoms with Gasteiger partial charge in [0.15, 0.2) is 5.76 Å². The third-order valence-electron chi connectivity index (χ3n) is 5.11. The van der Waals surface area contributed by atoms with Gasteiger partial charge in [0.2, 0.25) is 5.78 Å². The van der Waals surface area contributed by atoms with E-state index in [1.54, 1.807) is 44.4 Å². The molecule has 7 heteroatoms. The van der Waals surface area contributed by atoms with Crippen molar-refractivity contribution in [2.75, 3.05) is 14.2 Å². The fourth-order valence-electron chi connectivity index (χ4n) is 3.48. The number of fused-ring (bicyclic) bond motifs is 1. The monoisotopic (exact) mass is 438 g/mol. The van der Waals surface area contributed by atoms with Crippen molar-refractivity contribution in [1.29, 1.82) is 0 Å². The molecule has 0 unspecified atom stereocenters. The predicted octanol–water partition coefficient (Wildman–Crippen LogP) is 5.49. The van der Waals surface area contributed by atoms with Crippen molar-refractivity contribution in [2.24, 2.45) is 0 Å². The molecule has 0 aromatic heterocycles. The Morgan fingerprint density at radius 3 is 2.41 bits per heavy atom. The number of aryl methyl sites for hydroxylation is 1. The van der Waals surface area contributed by atoms with E-state index in [9.17, 15) is 13.6 Å². The first-order valence-corrected chi connectivity index (χ1v) is 9.78. The number of benzene rings is 3. The fourth-order valence-corrected chi connectivity index (χ4v) is 3.48. The smallest absolute Gasteiger partial charge is 0.232 e. The van der Waals surface area contributed by atoms with Gasteiger partial charge in [0.25, 0.3) is 0 Å². The van der Waals surface area contributed by atoms with Crippen molar-refractivity contribution in [3.8, 4) is 23.0 Å². The summed E-state index contributed by atoms with van der Waals surface area (Å²) in [4.78, 5) is 13.0. The lowest BCUT2D eigenvalue weighted by Gasteiger charge is -2.10. The van der Waals surface area contributed by atoms with E-state index < -0.39 is 11.6 Å². The second-order valence-corrected chi connectivity index (χ2v) is 7.15. The highest BCUT2D eigenvalue weighted by Crippen LogP contribution is 2.38. The second-order valence-electron chi connectivity index (χ2n) is 7.15. The summed E-state index contributed by atoms with van der Waals surface area (Å²) in [5, 5.41) is 0. The predicted molar refractivity (Wildman–Crippen MR) is 114 cm³/mol. The molecule has 0 saturated heterocycles. The Morgan fingerprint density at radius 1 is 0.969 bits per heavy atom. The lowest BCUT2D eigenvalue weighted by molar-refractivity contribution is 0.101. The quantitative estimate of drug-likeness (QED) is 0.477. The summed E-state index contributed by atoms with van der Waals surface area (Å²) in [6.07, 6.45) is 1.58. The minimum atomic E-state index is -0.688. The molecule has 1 heterocycles. The van der Waals surface area contributed by atoms with E-state index in [2.05, 4.69) is 0 Å². The van der Waals surface area contributed by atoms with Crippen molar-refractivity contribution in [1.82, 2.24) is 0 Å². The molecule has 0 radical (unpaired) electrons. The lowest BCUT2D eigenvalue weighted by Crippen LogP contribution is -2.02. The molecule has 3 aromatic rings. The van der Waals surface area contributed by atoms with Crippen LogP contribution in [0.1, 0.15) is 27.0 Å². The van der Waals surface area contributed by atoms with Gasteiger partial charge < -0.3 is 18.9 Å². The number of Topliss-reactive ketones (excluding diaryl/α,β-unsaturated/α-hetero) is 1. The van der Waals surface area contributed by atoms with Crippen LogP contribution in [0.5, 0.6) is 23.0 Å². The van der Waals surface area contributed by atoms with Gasteiger partial charge in [-0.25, -0.2) is 8.78 Å². The van der Waals surface area contributed by atoms with Crippen LogP contribution in [0.15, 0.2) is 54.3 Å². The molecule has 0 N–H and O–H groups in total. The topological polar surface area (TPSA) is 54.0 Å². The summed E-state index contributed by atoms with van der Waals surface area (Å²) in [6, 6.07) is 12.0. The number of allylic oxidation sites excluding steroid dienone is 1. The molecule has 164 valence electrons. The largest absolute Gasteiger partial charge is 0.497 e. The Bertz CT molecular complexity index is 1210. The van der Waals surface area contributed by atoms with Crippen LogP contribution in [0.4, 0.5) is 8.78 Å². The van der Waals surface area contributed by atoms with E-state index in [0.717, 1.165) is 0 Å². The zero-order valence-corrected chi connectivity index (χ0v) is 17.7. The van der Waals surface area contributed by atoms with Crippen LogP contribution in [-0.2, 0) is 6.61 Å². The zero-order chi connectivity index (χ0) is 22.8. The first-order valence-electron chi connectivity index (χ1n) is 9.78. The molecule has 1 aliphatic rings. The first-order chi connectivity index (χ1) is 15.4. The van der Waals surface area contributed by atoms with Crippen LogP contribution in [-0.4, -0.2) is 20.0 Å². The fraction of sp³-hybridized carbons (Fsp3) is 0.160. The Morgan fingerprint density at radius 2 is 1.72 bits per heavy atom. The number of halogens is 2. The minimum Gasteiger partial charge on any atom is -0.497 e. The summed E-state index contributed by atoms with van der Waals surface area (Å²) >= 11 is 0. The molecule has 5 nitrogen and oxygen atoms in total. The van der Waals surface area contributed by atoms with Gasteiger partial charge in [0, 0.05) is 11.6 Å². The van der Waals surface area contributed by atoms with Crippen LogP contribution >= 0.6 is 0 Å². The zero-order valence-electron chi connectivity index (χ0n) is 17.7. The molecule has 0 spiro atoms. The molecule has 0 atom stereocenters. The van der Waals surface area contributed by atoms with Gasteiger partial charge in [0.05, 0.1) is 25.3 Å². The molecule has 0 aliphatic carbocycles. The molecule has 32 heavy (non-hydrogen) atoms. The van der Waals surface area contributed by atoms with E-state index in [1.807, 2.05) is 0 Å². The van der Waals surface area contributed by atoms with Gasteiger partial charge in [-0.2, -0.15) is 0 Å².